The molecule has 27 heavy (non-hydrogen) atoms. The third-order valence-electron chi connectivity index (χ3n) is 4.65. The maximum atomic E-state index is 13.2. The summed E-state index contributed by atoms with van der Waals surface area (Å²) in [4.78, 5) is 18.7. The van der Waals surface area contributed by atoms with E-state index < -0.39 is 0 Å². The van der Waals surface area contributed by atoms with Crippen LogP contribution in [0.15, 0.2) is 29.3 Å². The second kappa shape index (κ2) is 11.4. The Labute approximate surface area is 178 Å². The number of carbonyl (C=O) groups is 1. The second-order valence-corrected chi connectivity index (χ2v) is 7.20. The van der Waals surface area contributed by atoms with Gasteiger partial charge in [0, 0.05) is 24.8 Å². The van der Waals surface area contributed by atoms with Gasteiger partial charge in [0.25, 0.3) is 0 Å². The summed E-state index contributed by atoms with van der Waals surface area (Å²) in [5.41, 5.74) is 0.452. The number of amides is 1. The van der Waals surface area contributed by atoms with Crippen molar-refractivity contribution in [3.63, 3.8) is 0 Å². The molecule has 0 saturated carbocycles. The maximum absolute atomic E-state index is 13.2. The van der Waals surface area contributed by atoms with E-state index in [9.17, 15) is 9.18 Å². The van der Waals surface area contributed by atoms with Gasteiger partial charge in [-0.1, -0.05) is 12.5 Å². The van der Waals surface area contributed by atoms with Crippen LogP contribution in [0.4, 0.5) is 10.1 Å². The average Bonchev–Trinajstić information content (AvgIpc) is 2.62. The molecule has 1 aromatic rings. The zero-order valence-electron chi connectivity index (χ0n) is 16.3. The van der Waals surface area contributed by atoms with Crippen LogP contribution < -0.4 is 16.0 Å². The third kappa shape index (κ3) is 8.00. The molecule has 1 aromatic carbocycles. The molecule has 1 heterocycles. The molecule has 1 amide bonds. The first-order valence-corrected chi connectivity index (χ1v) is 9.16. The van der Waals surface area contributed by atoms with Gasteiger partial charge in [-0.3, -0.25) is 14.7 Å². The molecule has 1 aliphatic heterocycles. The van der Waals surface area contributed by atoms with Gasteiger partial charge in [0.05, 0.1) is 6.54 Å². The van der Waals surface area contributed by atoms with E-state index in [0.29, 0.717) is 11.6 Å². The Bertz CT molecular complexity index is 632. The topological polar surface area (TPSA) is 68.8 Å². The van der Waals surface area contributed by atoms with Crippen LogP contribution in [0, 0.1) is 5.82 Å². The monoisotopic (exact) mass is 491 g/mol. The Kier molecular flexibility index (Phi) is 10.00. The molecule has 0 aromatic heterocycles. The van der Waals surface area contributed by atoms with Gasteiger partial charge in [-0.05, 0) is 58.0 Å². The van der Waals surface area contributed by atoms with Gasteiger partial charge in [0.1, 0.15) is 5.82 Å². The Morgan fingerprint density at radius 1 is 1.22 bits per heavy atom. The van der Waals surface area contributed by atoms with Crippen molar-refractivity contribution in [2.24, 2.45) is 4.99 Å². The molecule has 0 aliphatic carbocycles. The van der Waals surface area contributed by atoms with Gasteiger partial charge in [0.2, 0.25) is 5.91 Å². The van der Waals surface area contributed by atoms with Crippen LogP contribution in [-0.2, 0) is 4.79 Å². The van der Waals surface area contributed by atoms with Crippen LogP contribution in [0.2, 0.25) is 0 Å². The number of piperidine rings is 1. The predicted octanol–water partition coefficient (Wildman–Crippen LogP) is 2.81. The number of carbonyl (C=O) groups excluding carboxylic acids is 1. The van der Waals surface area contributed by atoms with Crippen molar-refractivity contribution in [1.82, 2.24) is 15.5 Å². The van der Waals surface area contributed by atoms with Crippen molar-refractivity contribution in [3.8, 4) is 0 Å². The summed E-state index contributed by atoms with van der Waals surface area (Å²) >= 11 is 0. The van der Waals surface area contributed by atoms with Crippen LogP contribution >= 0.6 is 24.0 Å². The summed E-state index contributed by atoms with van der Waals surface area (Å²) in [6, 6.07) is 5.83. The lowest BCUT2D eigenvalue weighted by Crippen LogP contribution is -2.55. The van der Waals surface area contributed by atoms with Crippen LogP contribution in [0.25, 0.3) is 0 Å². The molecule has 152 valence electrons. The van der Waals surface area contributed by atoms with Crippen molar-refractivity contribution >= 4 is 41.5 Å². The maximum Gasteiger partial charge on any atom is 0.243 e. The summed E-state index contributed by atoms with van der Waals surface area (Å²) in [5, 5.41) is 8.94. The molecule has 0 unspecified atom stereocenters. The molecule has 0 bridgehead atoms. The summed E-state index contributed by atoms with van der Waals surface area (Å²) in [7, 11) is 1.67. The number of guanidine groups is 1. The molecule has 1 fully saturated rings. The van der Waals surface area contributed by atoms with Gasteiger partial charge in [0.15, 0.2) is 5.96 Å². The van der Waals surface area contributed by atoms with Gasteiger partial charge in [-0.25, -0.2) is 4.39 Å². The highest BCUT2D eigenvalue weighted by atomic mass is 127. The van der Waals surface area contributed by atoms with Crippen molar-refractivity contribution in [2.45, 2.75) is 38.6 Å². The normalized spacial score (nSPS) is 15.6. The Balaban J connectivity index is 0.00000364. The smallest absolute Gasteiger partial charge is 0.243 e. The minimum absolute atomic E-state index is 0. The zero-order chi connectivity index (χ0) is 19.0. The van der Waals surface area contributed by atoms with E-state index in [0.717, 1.165) is 19.6 Å². The van der Waals surface area contributed by atoms with E-state index in [2.05, 4.69) is 39.7 Å². The molecule has 1 aliphatic rings. The van der Waals surface area contributed by atoms with Crippen LogP contribution in [0.1, 0.15) is 33.1 Å². The first kappa shape index (κ1) is 23.6. The molecule has 0 radical (unpaired) electrons. The van der Waals surface area contributed by atoms with Crippen molar-refractivity contribution in [2.75, 3.05) is 38.5 Å². The number of hydrogen-bond acceptors (Lipinski definition) is 3. The first-order chi connectivity index (χ1) is 12.4. The minimum atomic E-state index is -0.381. The van der Waals surface area contributed by atoms with Crippen molar-refractivity contribution in [3.05, 3.63) is 30.1 Å². The lowest BCUT2D eigenvalue weighted by molar-refractivity contribution is -0.115. The molecule has 0 spiro atoms. The van der Waals surface area contributed by atoms with E-state index in [1.54, 1.807) is 19.2 Å². The number of benzene rings is 1. The van der Waals surface area contributed by atoms with E-state index in [1.807, 2.05) is 0 Å². The number of nitrogens with one attached hydrogen (secondary N) is 3. The fourth-order valence-electron chi connectivity index (χ4n) is 3.07. The van der Waals surface area contributed by atoms with Crippen LogP contribution in [0.3, 0.4) is 0 Å². The first-order valence-electron chi connectivity index (χ1n) is 9.16. The number of aliphatic imine (C=N–C) groups is 1. The van der Waals surface area contributed by atoms with E-state index in [4.69, 9.17) is 0 Å². The molecule has 8 heteroatoms. The Hall–Kier alpha value is -1.42. The summed E-state index contributed by atoms with van der Waals surface area (Å²) in [6.45, 7) is 7.47. The standard InChI is InChI=1S/C19H30FN5O.HI/c1-19(2,25-10-5-4-6-11-25)14-23-18(21-3)22-13-17(26)24-16-9-7-8-15(20)12-16;/h7-9,12H,4-6,10-11,13-14H2,1-3H3,(H,24,26)(H2,21,22,23);1H. The second-order valence-electron chi connectivity index (χ2n) is 7.20. The number of rotatable bonds is 6. The van der Waals surface area contributed by atoms with E-state index in [-0.39, 0.29) is 47.8 Å². The number of anilines is 1. The zero-order valence-corrected chi connectivity index (χ0v) is 18.7. The highest BCUT2D eigenvalue weighted by Crippen LogP contribution is 2.19. The van der Waals surface area contributed by atoms with E-state index in [1.165, 1.54) is 31.4 Å². The largest absolute Gasteiger partial charge is 0.355 e. The van der Waals surface area contributed by atoms with Gasteiger partial charge < -0.3 is 16.0 Å². The fraction of sp³-hybridized carbons (Fsp3) is 0.579. The van der Waals surface area contributed by atoms with Crippen LogP contribution in [0.5, 0.6) is 0 Å². The molecule has 2 rings (SSSR count). The average molecular weight is 491 g/mol. The van der Waals surface area contributed by atoms with Gasteiger partial charge in [-0.15, -0.1) is 24.0 Å². The Morgan fingerprint density at radius 3 is 2.56 bits per heavy atom. The number of hydrogen-bond donors (Lipinski definition) is 3. The molecule has 3 N–H and O–H groups in total. The summed E-state index contributed by atoms with van der Waals surface area (Å²) < 4.78 is 13.2. The van der Waals surface area contributed by atoms with Crippen molar-refractivity contribution in [1.29, 1.82) is 0 Å². The molecular weight excluding hydrogens is 460 g/mol. The molecule has 1 saturated heterocycles. The Morgan fingerprint density at radius 2 is 1.93 bits per heavy atom. The summed E-state index contributed by atoms with van der Waals surface area (Å²) in [5.74, 6) is -0.0634. The molecule has 6 nitrogen and oxygen atoms in total. The highest BCUT2D eigenvalue weighted by molar-refractivity contribution is 14.0. The summed E-state index contributed by atoms with van der Waals surface area (Å²) in [6.07, 6.45) is 3.80. The minimum Gasteiger partial charge on any atom is -0.355 e. The van der Waals surface area contributed by atoms with Crippen LogP contribution in [-0.4, -0.2) is 55.5 Å². The number of halogens is 2. The third-order valence-corrected chi connectivity index (χ3v) is 4.65. The van der Waals surface area contributed by atoms with Crippen molar-refractivity contribution < 1.29 is 9.18 Å². The van der Waals surface area contributed by atoms with E-state index >= 15 is 0 Å². The van der Waals surface area contributed by atoms with Gasteiger partial charge >= 0.3 is 0 Å². The SMILES string of the molecule is CN=C(NCC(=O)Nc1cccc(F)c1)NCC(C)(C)N1CCCCC1.I. The fourth-order valence-corrected chi connectivity index (χ4v) is 3.07. The van der Waals surface area contributed by atoms with Gasteiger partial charge in [-0.2, -0.15) is 0 Å². The quantitative estimate of drug-likeness (QED) is 0.325. The lowest BCUT2D eigenvalue weighted by Gasteiger charge is -2.41. The lowest BCUT2D eigenvalue weighted by atomic mass is 9.98. The number of likely N-dealkylation sites (tertiary alicyclic amines) is 1. The predicted molar refractivity (Wildman–Crippen MR) is 119 cm³/mol. The molecular formula is C19H31FIN5O. The highest BCUT2D eigenvalue weighted by Gasteiger charge is 2.27. The molecule has 0 atom stereocenters. The number of nitrogens with zero attached hydrogens (tertiary/aromatic N) is 2.